The van der Waals surface area contributed by atoms with Crippen molar-refractivity contribution >= 4 is 10.0 Å². The molecular weight excluding hydrogens is 350 g/mol. The van der Waals surface area contributed by atoms with Crippen molar-refractivity contribution in [1.29, 1.82) is 0 Å². The second-order valence-corrected chi connectivity index (χ2v) is 7.96. The van der Waals surface area contributed by atoms with E-state index >= 15 is 0 Å². The van der Waals surface area contributed by atoms with Gasteiger partial charge in [-0.2, -0.15) is 0 Å². The van der Waals surface area contributed by atoms with Crippen molar-refractivity contribution in [2.75, 3.05) is 27.0 Å². The fraction of sp³-hybridized carbons (Fsp3) is 0.300. The van der Waals surface area contributed by atoms with Gasteiger partial charge in [-0.05, 0) is 41.8 Å². The Morgan fingerprint density at radius 3 is 1.69 bits per heavy atom. The molecule has 0 aliphatic heterocycles. The third-order valence-electron chi connectivity index (χ3n) is 4.41. The fourth-order valence-corrected chi connectivity index (χ4v) is 3.51. The highest BCUT2D eigenvalue weighted by atomic mass is 32.2. The van der Waals surface area contributed by atoms with Gasteiger partial charge in [-0.1, -0.05) is 30.3 Å². The summed E-state index contributed by atoms with van der Waals surface area (Å²) in [6.07, 6.45) is 3.53. The van der Waals surface area contributed by atoms with Gasteiger partial charge in [0.2, 0.25) is 10.0 Å². The molecule has 0 saturated carbocycles. The summed E-state index contributed by atoms with van der Waals surface area (Å²) < 4.78 is 36.7. The van der Waals surface area contributed by atoms with Gasteiger partial charge in [-0.15, -0.1) is 6.58 Å². The Kier molecular flexibility index (Phi) is 6.45. The predicted molar refractivity (Wildman–Crippen MR) is 104 cm³/mol. The van der Waals surface area contributed by atoms with E-state index in [1.807, 2.05) is 48.5 Å². The van der Waals surface area contributed by atoms with Crippen molar-refractivity contribution in [2.24, 2.45) is 0 Å². The Balaban J connectivity index is 2.59. The van der Waals surface area contributed by atoms with Gasteiger partial charge >= 0.3 is 0 Å². The molecule has 2 rings (SSSR count). The van der Waals surface area contributed by atoms with Gasteiger partial charge in [0.05, 0.1) is 20.5 Å². The largest absolute Gasteiger partial charge is 0.497 e. The van der Waals surface area contributed by atoms with Gasteiger partial charge in [0.25, 0.3) is 0 Å². The lowest BCUT2D eigenvalue weighted by Crippen LogP contribution is -2.41. The van der Waals surface area contributed by atoms with Crippen LogP contribution in [-0.4, -0.2) is 35.4 Å². The number of benzene rings is 2. The molecule has 0 spiro atoms. The fourth-order valence-electron chi connectivity index (χ4n) is 3.00. The summed E-state index contributed by atoms with van der Waals surface area (Å²) >= 11 is 0. The maximum Gasteiger partial charge on any atom is 0.208 e. The van der Waals surface area contributed by atoms with Crippen LogP contribution in [0.5, 0.6) is 11.5 Å². The number of methoxy groups -OCH3 is 2. The van der Waals surface area contributed by atoms with Crippen LogP contribution in [0.1, 0.15) is 17.5 Å². The van der Waals surface area contributed by atoms with Crippen LogP contribution in [-0.2, 0) is 15.4 Å². The monoisotopic (exact) mass is 375 g/mol. The molecule has 5 nitrogen and oxygen atoms in total. The predicted octanol–water partition coefficient (Wildman–Crippen LogP) is 3.12. The van der Waals surface area contributed by atoms with Crippen LogP contribution >= 0.6 is 0 Å². The second kappa shape index (κ2) is 8.38. The van der Waals surface area contributed by atoms with Crippen molar-refractivity contribution in [3.05, 3.63) is 72.3 Å². The Morgan fingerprint density at radius 2 is 1.38 bits per heavy atom. The minimum atomic E-state index is -3.35. The molecule has 0 aromatic heterocycles. The molecule has 26 heavy (non-hydrogen) atoms. The summed E-state index contributed by atoms with van der Waals surface area (Å²) in [5, 5.41) is 0. The first kappa shape index (κ1) is 20.0. The molecule has 2 aromatic rings. The molecule has 1 N–H and O–H groups in total. The van der Waals surface area contributed by atoms with E-state index < -0.39 is 15.4 Å². The molecule has 0 fully saturated rings. The van der Waals surface area contributed by atoms with Gasteiger partial charge in [0.1, 0.15) is 11.5 Å². The zero-order valence-electron chi connectivity index (χ0n) is 15.4. The summed E-state index contributed by atoms with van der Waals surface area (Å²) in [7, 11) is -0.127. The topological polar surface area (TPSA) is 64.6 Å². The van der Waals surface area contributed by atoms with Crippen molar-refractivity contribution in [3.63, 3.8) is 0 Å². The molecule has 0 heterocycles. The van der Waals surface area contributed by atoms with Crippen molar-refractivity contribution in [2.45, 2.75) is 11.8 Å². The standard InChI is InChI=1S/C20H25NO4S/c1-5-14-20(15-21-26(4,22)23,16-6-10-18(24-2)11-7-16)17-8-12-19(25-3)13-9-17/h5-13,21H,1,14-15H2,2-4H3. The van der Waals surface area contributed by atoms with Crippen molar-refractivity contribution in [3.8, 4) is 11.5 Å². The Morgan fingerprint density at radius 1 is 0.962 bits per heavy atom. The van der Waals surface area contributed by atoms with Crippen molar-refractivity contribution < 1.29 is 17.9 Å². The summed E-state index contributed by atoms with van der Waals surface area (Å²) in [5.74, 6) is 1.49. The van der Waals surface area contributed by atoms with Gasteiger partial charge in [-0.25, -0.2) is 13.1 Å². The van der Waals surface area contributed by atoms with E-state index in [2.05, 4.69) is 11.3 Å². The van der Waals surface area contributed by atoms with Crippen LogP contribution in [0.25, 0.3) is 0 Å². The number of allylic oxidation sites excluding steroid dienone is 1. The van der Waals surface area contributed by atoms with Crippen LogP contribution < -0.4 is 14.2 Å². The van der Waals surface area contributed by atoms with E-state index in [0.29, 0.717) is 6.42 Å². The van der Waals surface area contributed by atoms with E-state index in [1.54, 1.807) is 20.3 Å². The van der Waals surface area contributed by atoms with E-state index in [-0.39, 0.29) is 6.54 Å². The minimum absolute atomic E-state index is 0.219. The third kappa shape index (κ3) is 4.65. The highest BCUT2D eigenvalue weighted by Gasteiger charge is 2.34. The first-order valence-electron chi connectivity index (χ1n) is 8.19. The zero-order chi connectivity index (χ0) is 19.2. The molecular formula is C20H25NO4S. The van der Waals surface area contributed by atoms with E-state index in [4.69, 9.17) is 9.47 Å². The van der Waals surface area contributed by atoms with Crippen LogP contribution in [0.15, 0.2) is 61.2 Å². The molecule has 0 atom stereocenters. The number of ether oxygens (including phenoxy) is 2. The second-order valence-electron chi connectivity index (χ2n) is 6.13. The lowest BCUT2D eigenvalue weighted by atomic mass is 9.72. The molecule has 2 aromatic carbocycles. The highest BCUT2D eigenvalue weighted by Crippen LogP contribution is 2.37. The maximum absolute atomic E-state index is 11.8. The van der Waals surface area contributed by atoms with Crippen LogP contribution in [0.2, 0.25) is 0 Å². The van der Waals surface area contributed by atoms with Gasteiger partial charge < -0.3 is 9.47 Å². The van der Waals surface area contributed by atoms with Gasteiger partial charge in [0, 0.05) is 12.0 Å². The minimum Gasteiger partial charge on any atom is -0.497 e. The lowest BCUT2D eigenvalue weighted by Gasteiger charge is -2.34. The van der Waals surface area contributed by atoms with Gasteiger partial charge in [-0.3, -0.25) is 0 Å². The smallest absolute Gasteiger partial charge is 0.208 e. The number of rotatable bonds is 9. The van der Waals surface area contributed by atoms with Crippen LogP contribution in [0.3, 0.4) is 0 Å². The average Bonchev–Trinajstić information content (AvgIpc) is 2.65. The summed E-state index contributed by atoms with van der Waals surface area (Å²) in [5.41, 5.74) is 1.35. The first-order valence-corrected chi connectivity index (χ1v) is 10.1. The van der Waals surface area contributed by atoms with Crippen LogP contribution in [0.4, 0.5) is 0 Å². The maximum atomic E-state index is 11.8. The molecule has 6 heteroatoms. The molecule has 0 unspecified atom stereocenters. The molecule has 0 radical (unpaired) electrons. The molecule has 0 bridgehead atoms. The number of nitrogens with one attached hydrogen (secondary N) is 1. The van der Waals surface area contributed by atoms with E-state index in [9.17, 15) is 8.42 Å². The van der Waals surface area contributed by atoms with E-state index in [1.165, 1.54) is 0 Å². The summed E-state index contributed by atoms with van der Waals surface area (Å²) in [4.78, 5) is 0. The molecule has 140 valence electrons. The third-order valence-corrected chi connectivity index (χ3v) is 5.08. The molecule has 0 amide bonds. The lowest BCUT2D eigenvalue weighted by molar-refractivity contribution is 0.413. The average molecular weight is 375 g/mol. The SMILES string of the molecule is C=CCC(CNS(C)(=O)=O)(c1ccc(OC)cc1)c1ccc(OC)cc1. The summed E-state index contributed by atoms with van der Waals surface area (Å²) in [6, 6.07) is 15.3. The number of hydrogen-bond acceptors (Lipinski definition) is 4. The Labute approximate surface area is 155 Å². The van der Waals surface area contributed by atoms with Crippen molar-refractivity contribution in [1.82, 2.24) is 4.72 Å². The number of hydrogen-bond donors (Lipinski definition) is 1. The highest BCUT2D eigenvalue weighted by molar-refractivity contribution is 7.88. The van der Waals surface area contributed by atoms with Crippen LogP contribution in [0, 0.1) is 0 Å². The number of sulfonamides is 1. The molecule has 0 aliphatic rings. The van der Waals surface area contributed by atoms with Gasteiger partial charge in [0.15, 0.2) is 0 Å². The first-order chi connectivity index (χ1) is 12.3. The quantitative estimate of drug-likeness (QED) is 0.684. The molecule has 0 saturated heterocycles. The van der Waals surface area contributed by atoms with E-state index in [0.717, 1.165) is 28.9 Å². The zero-order valence-corrected chi connectivity index (χ0v) is 16.2. The Hall–Kier alpha value is -2.31. The summed E-state index contributed by atoms with van der Waals surface area (Å²) in [6.45, 7) is 4.10. The normalized spacial score (nSPS) is 11.8. The molecule has 0 aliphatic carbocycles. The Bertz CT molecular complexity index is 780.